The zero-order valence-electron chi connectivity index (χ0n) is 12.1. The second kappa shape index (κ2) is 8.47. The highest BCUT2D eigenvalue weighted by Gasteiger charge is 2.25. The maximum atomic E-state index is 12.2. The van der Waals surface area contributed by atoms with Crippen LogP contribution in [0.15, 0.2) is 0 Å². The molecule has 2 rings (SSSR count). The van der Waals surface area contributed by atoms with Crippen LogP contribution >= 0.6 is 12.4 Å². The molecule has 2 N–H and O–H groups in total. The first-order valence-corrected chi connectivity index (χ1v) is 7.48. The molecule has 0 aromatic rings. The standard InChI is InChI=1S/C14H25N3O2.ClH/c15-12-6-5-9-16(10-12)14(19)11-17-8-4-2-1-3-7-13(17)18;/h12H,1-11,15H2;1H. The monoisotopic (exact) mass is 303 g/mol. The minimum Gasteiger partial charge on any atom is -0.340 e. The number of nitrogens with zero attached hydrogens (tertiary/aromatic N) is 2. The summed E-state index contributed by atoms with van der Waals surface area (Å²) in [5, 5.41) is 0. The lowest BCUT2D eigenvalue weighted by atomic mass is 10.1. The Labute approximate surface area is 127 Å². The van der Waals surface area contributed by atoms with Gasteiger partial charge in [-0.05, 0) is 25.7 Å². The lowest BCUT2D eigenvalue weighted by Crippen LogP contribution is -2.50. The van der Waals surface area contributed by atoms with Crippen LogP contribution in [0.3, 0.4) is 0 Å². The molecule has 0 saturated carbocycles. The fourth-order valence-corrected chi connectivity index (χ4v) is 2.88. The van der Waals surface area contributed by atoms with Crippen LogP contribution in [0.5, 0.6) is 0 Å². The highest BCUT2D eigenvalue weighted by Crippen LogP contribution is 2.13. The molecule has 2 amide bonds. The molecule has 0 bridgehead atoms. The molecule has 116 valence electrons. The van der Waals surface area contributed by atoms with Gasteiger partial charge in [0.2, 0.25) is 11.8 Å². The van der Waals surface area contributed by atoms with Gasteiger partial charge in [-0.3, -0.25) is 9.59 Å². The number of amides is 2. The first-order valence-electron chi connectivity index (χ1n) is 7.48. The molecule has 1 unspecified atom stereocenters. The Kier molecular flexibility index (Phi) is 7.30. The maximum Gasteiger partial charge on any atom is 0.242 e. The van der Waals surface area contributed by atoms with Crippen molar-refractivity contribution >= 4 is 24.2 Å². The molecule has 0 spiro atoms. The van der Waals surface area contributed by atoms with Crippen LogP contribution in [0.1, 0.15) is 44.9 Å². The fraction of sp³-hybridized carbons (Fsp3) is 0.857. The van der Waals surface area contributed by atoms with Gasteiger partial charge in [0.15, 0.2) is 0 Å². The topological polar surface area (TPSA) is 66.6 Å². The average molecular weight is 304 g/mol. The Morgan fingerprint density at radius 2 is 1.90 bits per heavy atom. The minimum absolute atomic E-state index is 0. The number of carbonyl (C=O) groups is 2. The molecule has 2 aliphatic rings. The molecule has 6 heteroatoms. The Hall–Kier alpha value is -0.810. The van der Waals surface area contributed by atoms with E-state index in [1.807, 2.05) is 4.90 Å². The number of halogens is 1. The van der Waals surface area contributed by atoms with Crippen LogP contribution in [0.25, 0.3) is 0 Å². The van der Waals surface area contributed by atoms with Crippen molar-refractivity contribution in [3.05, 3.63) is 0 Å². The number of rotatable bonds is 2. The van der Waals surface area contributed by atoms with Crippen molar-refractivity contribution in [3.8, 4) is 0 Å². The second-order valence-electron chi connectivity index (χ2n) is 5.72. The zero-order chi connectivity index (χ0) is 13.7. The molecule has 2 fully saturated rings. The minimum atomic E-state index is 0. The Balaban J connectivity index is 0.00000200. The predicted octanol–water partition coefficient (Wildman–Crippen LogP) is 1.15. The number of carbonyl (C=O) groups excluding carboxylic acids is 2. The van der Waals surface area contributed by atoms with Crippen molar-refractivity contribution in [1.29, 1.82) is 0 Å². The normalized spacial score (nSPS) is 24.6. The second-order valence-corrected chi connectivity index (χ2v) is 5.72. The van der Waals surface area contributed by atoms with Gasteiger partial charge < -0.3 is 15.5 Å². The summed E-state index contributed by atoms with van der Waals surface area (Å²) in [6, 6.07) is 0.0979. The van der Waals surface area contributed by atoms with E-state index in [0.717, 1.165) is 51.6 Å². The SMILES string of the molecule is Cl.NC1CCCN(C(=O)CN2CCCCCCC2=O)C1. The number of piperidine rings is 1. The van der Waals surface area contributed by atoms with Crippen molar-refractivity contribution in [2.45, 2.75) is 51.0 Å². The van der Waals surface area contributed by atoms with E-state index < -0.39 is 0 Å². The lowest BCUT2D eigenvalue weighted by Gasteiger charge is -2.33. The largest absolute Gasteiger partial charge is 0.340 e. The quantitative estimate of drug-likeness (QED) is 0.832. The summed E-state index contributed by atoms with van der Waals surface area (Å²) in [7, 11) is 0. The van der Waals surface area contributed by atoms with E-state index in [1.165, 1.54) is 0 Å². The molecule has 2 heterocycles. The van der Waals surface area contributed by atoms with Gasteiger partial charge >= 0.3 is 0 Å². The Bertz CT molecular complexity index is 338. The van der Waals surface area contributed by atoms with Gasteiger partial charge in [-0.25, -0.2) is 0 Å². The third-order valence-corrected chi connectivity index (χ3v) is 4.06. The zero-order valence-corrected chi connectivity index (χ0v) is 12.9. The smallest absolute Gasteiger partial charge is 0.242 e. The molecule has 2 aliphatic heterocycles. The van der Waals surface area contributed by atoms with Gasteiger partial charge in [-0.15, -0.1) is 12.4 Å². The van der Waals surface area contributed by atoms with Gasteiger partial charge in [0, 0.05) is 32.1 Å². The van der Waals surface area contributed by atoms with Crippen molar-refractivity contribution in [2.75, 3.05) is 26.2 Å². The van der Waals surface area contributed by atoms with Crippen LogP contribution in [-0.2, 0) is 9.59 Å². The lowest BCUT2D eigenvalue weighted by molar-refractivity contribution is -0.141. The molecule has 0 aliphatic carbocycles. The number of likely N-dealkylation sites (tertiary alicyclic amines) is 2. The average Bonchev–Trinajstić information content (AvgIpc) is 2.38. The molecule has 1 atom stereocenters. The van der Waals surface area contributed by atoms with Gasteiger partial charge in [-0.2, -0.15) is 0 Å². The van der Waals surface area contributed by atoms with E-state index in [9.17, 15) is 9.59 Å². The summed E-state index contributed by atoms with van der Waals surface area (Å²) >= 11 is 0. The molecule has 0 aromatic carbocycles. The van der Waals surface area contributed by atoms with E-state index >= 15 is 0 Å². The van der Waals surface area contributed by atoms with Gasteiger partial charge in [0.05, 0.1) is 6.54 Å². The van der Waals surface area contributed by atoms with Gasteiger partial charge in [0.25, 0.3) is 0 Å². The van der Waals surface area contributed by atoms with E-state index in [-0.39, 0.29) is 36.8 Å². The summed E-state index contributed by atoms with van der Waals surface area (Å²) in [6.45, 7) is 2.39. The fourth-order valence-electron chi connectivity index (χ4n) is 2.88. The van der Waals surface area contributed by atoms with Crippen LogP contribution in [0, 0.1) is 0 Å². The predicted molar refractivity (Wildman–Crippen MR) is 80.7 cm³/mol. The molecular formula is C14H26ClN3O2. The number of hydrogen-bond donors (Lipinski definition) is 1. The van der Waals surface area contributed by atoms with Crippen LogP contribution < -0.4 is 5.73 Å². The van der Waals surface area contributed by atoms with Crippen LogP contribution in [0.2, 0.25) is 0 Å². The number of nitrogens with two attached hydrogens (primary N) is 1. The number of hydrogen-bond acceptors (Lipinski definition) is 3. The Morgan fingerprint density at radius 3 is 2.65 bits per heavy atom. The van der Waals surface area contributed by atoms with Gasteiger partial charge in [0.1, 0.15) is 0 Å². The molecule has 0 radical (unpaired) electrons. The van der Waals surface area contributed by atoms with E-state index in [4.69, 9.17) is 5.73 Å². The summed E-state index contributed by atoms with van der Waals surface area (Å²) in [4.78, 5) is 27.8. The first kappa shape index (κ1) is 17.2. The van der Waals surface area contributed by atoms with Crippen LogP contribution in [-0.4, -0.2) is 53.8 Å². The third kappa shape index (κ3) is 4.94. The Morgan fingerprint density at radius 1 is 1.15 bits per heavy atom. The molecular weight excluding hydrogens is 278 g/mol. The highest BCUT2D eigenvalue weighted by atomic mass is 35.5. The molecule has 20 heavy (non-hydrogen) atoms. The van der Waals surface area contributed by atoms with Crippen LogP contribution in [0.4, 0.5) is 0 Å². The summed E-state index contributed by atoms with van der Waals surface area (Å²) in [5.41, 5.74) is 5.89. The van der Waals surface area contributed by atoms with Crippen molar-refractivity contribution in [3.63, 3.8) is 0 Å². The summed E-state index contributed by atoms with van der Waals surface area (Å²) < 4.78 is 0. The molecule has 0 aromatic heterocycles. The van der Waals surface area contributed by atoms with Crippen molar-refractivity contribution in [1.82, 2.24) is 9.80 Å². The van der Waals surface area contributed by atoms with Crippen molar-refractivity contribution in [2.24, 2.45) is 5.73 Å². The van der Waals surface area contributed by atoms with E-state index in [0.29, 0.717) is 13.0 Å². The summed E-state index contributed by atoms with van der Waals surface area (Å²) in [6.07, 6.45) is 6.82. The summed E-state index contributed by atoms with van der Waals surface area (Å²) in [5.74, 6) is 0.193. The first-order chi connectivity index (χ1) is 9.16. The third-order valence-electron chi connectivity index (χ3n) is 4.06. The molecule has 2 saturated heterocycles. The van der Waals surface area contributed by atoms with E-state index in [2.05, 4.69) is 0 Å². The highest BCUT2D eigenvalue weighted by molar-refractivity contribution is 5.85. The van der Waals surface area contributed by atoms with E-state index in [1.54, 1.807) is 4.90 Å². The maximum absolute atomic E-state index is 12.2. The molecule has 5 nitrogen and oxygen atoms in total. The van der Waals surface area contributed by atoms with Crippen molar-refractivity contribution < 1.29 is 9.59 Å². The van der Waals surface area contributed by atoms with Gasteiger partial charge in [-0.1, -0.05) is 12.8 Å².